The van der Waals surface area contributed by atoms with Crippen molar-refractivity contribution < 1.29 is 4.79 Å². The third-order valence-corrected chi connectivity index (χ3v) is 4.10. The van der Waals surface area contributed by atoms with Crippen molar-refractivity contribution in [1.82, 2.24) is 19.5 Å². The van der Waals surface area contributed by atoms with Gasteiger partial charge in [0.25, 0.3) is 0 Å². The lowest BCUT2D eigenvalue weighted by molar-refractivity contribution is -0.127. The Kier molecular flexibility index (Phi) is 3.37. The molecule has 102 valence electrons. The summed E-state index contributed by atoms with van der Waals surface area (Å²) in [6.45, 7) is 4.55. The number of nitrogens with zero attached hydrogens (tertiary/aromatic N) is 4. The molecule has 1 aliphatic heterocycles. The fourth-order valence-corrected chi connectivity index (χ4v) is 3.14. The Bertz CT molecular complexity index is 558. The van der Waals surface area contributed by atoms with Crippen LogP contribution in [0.1, 0.15) is 25.0 Å². The molecule has 0 radical (unpaired) electrons. The number of hydrogen-bond acceptors (Lipinski definition) is 5. The van der Waals surface area contributed by atoms with Gasteiger partial charge in [-0.05, 0) is 19.8 Å². The van der Waals surface area contributed by atoms with Gasteiger partial charge in [-0.1, -0.05) is 11.3 Å². The SMILES string of the molecule is Cc1cn2nc(NCCCN3CCCC3=O)sc2n1. The number of nitrogens with one attached hydrogen (secondary N) is 1. The van der Waals surface area contributed by atoms with Gasteiger partial charge in [0, 0.05) is 26.1 Å². The monoisotopic (exact) mass is 279 g/mol. The predicted molar refractivity (Wildman–Crippen MR) is 74.5 cm³/mol. The Morgan fingerprint density at radius 3 is 3.16 bits per heavy atom. The van der Waals surface area contributed by atoms with Gasteiger partial charge in [-0.15, -0.1) is 5.10 Å². The summed E-state index contributed by atoms with van der Waals surface area (Å²) in [6, 6.07) is 0. The van der Waals surface area contributed by atoms with Gasteiger partial charge < -0.3 is 10.2 Å². The maximum atomic E-state index is 11.4. The Morgan fingerprint density at radius 2 is 2.42 bits per heavy atom. The van der Waals surface area contributed by atoms with Crippen molar-refractivity contribution >= 4 is 27.3 Å². The Balaban J connectivity index is 1.46. The minimum atomic E-state index is 0.295. The zero-order chi connectivity index (χ0) is 13.2. The first-order valence-electron chi connectivity index (χ1n) is 6.57. The number of imidazole rings is 1. The summed E-state index contributed by atoms with van der Waals surface area (Å²) < 4.78 is 1.80. The van der Waals surface area contributed by atoms with E-state index in [0.29, 0.717) is 5.91 Å². The Labute approximate surface area is 115 Å². The highest BCUT2D eigenvalue weighted by Crippen LogP contribution is 2.18. The van der Waals surface area contributed by atoms with E-state index in [0.717, 1.165) is 54.7 Å². The summed E-state index contributed by atoms with van der Waals surface area (Å²) in [5.74, 6) is 0.295. The molecule has 3 rings (SSSR count). The predicted octanol–water partition coefficient (Wildman–Crippen LogP) is 1.52. The van der Waals surface area contributed by atoms with E-state index in [1.165, 1.54) is 0 Å². The van der Waals surface area contributed by atoms with E-state index in [9.17, 15) is 4.79 Å². The molecule has 0 saturated carbocycles. The molecule has 0 bridgehead atoms. The molecular formula is C12H17N5OS. The van der Waals surface area contributed by atoms with Crippen molar-refractivity contribution in [3.63, 3.8) is 0 Å². The maximum Gasteiger partial charge on any atom is 0.222 e. The van der Waals surface area contributed by atoms with Crippen LogP contribution in [-0.4, -0.2) is 45.0 Å². The molecule has 0 atom stereocenters. The van der Waals surface area contributed by atoms with Gasteiger partial charge in [-0.25, -0.2) is 9.50 Å². The summed E-state index contributed by atoms with van der Waals surface area (Å²) in [5, 5.41) is 8.57. The van der Waals surface area contributed by atoms with Gasteiger partial charge in [0.1, 0.15) is 0 Å². The first-order chi connectivity index (χ1) is 9.22. The molecule has 6 nitrogen and oxygen atoms in total. The number of carbonyl (C=O) groups is 1. The van der Waals surface area contributed by atoms with Crippen molar-refractivity contribution in [2.24, 2.45) is 0 Å². The van der Waals surface area contributed by atoms with Crippen molar-refractivity contribution in [2.75, 3.05) is 25.0 Å². The van der Waals surface area contributed by atoms with E-state index in [1.54, 1.807) is 15.9 Å². The van der Waals surface area contributed by atoms with Gasteiger partial charge in [-0.3, -0.25) is 4.79 Å². The fraction of sp³-hybridized carbons (Fsp3) is 0.583. The lowest BCUT2D eigenvalue weighted by Crippen LogP contribution is -2.26. The molecule has 1 N–H and O–H groups in total. The van der Waals surface area contributed by atoms with E-state index in [1.807, 2.05) is 18.0 Å². The van der Waals surface area contributed by atoms with Crippen LogP contribution < -0.4 is 5.32 Å². The summed E-state index contributed by atoms with van der Waals surface area (Å²) in [6.07, 6.45) is 4.60. The molecule has 0 spiro atoms. The van der Waals surface area contributed by atoms with E-state index in [2.05, 4.69) is 15.4 Å². The number of aromatic nitrogens is 3. The van der Waals surface area contributed by atoms with Gasteiger partial charge in [-0.2, -0.15) is 0 Å². The molecule has 7 heteroatoms. The lowest BCUT2D eigenvalue weighted by Gasteiger charge is -2.14. The van der Waals surface area contributed by atoms with Crippen LogP contribution in [0.3, 0.4) is 0 Å². The molecular weight excluding hydrogens is 262 g/mol. The van der Waals surface area contributed by atoms with Crippen molar-refractivity contribution in [3.05, 3.63) is 11.9 Å². The van der Waals surface area contributed by atoms with Crippen molar-refractivity contribution in [2.45, 2.75) is 26.2 Å². The minimum Gasteiger partial charge on any atom is -0.360 e. The summed E-state index contributed by atoms with van der Waals surface area (Å²) in [7, 11) is 0. The van der Waals surface area contributed by atoms with E-state index in [4.69, 9.17) is 0 Å². The first-order valence-corrected chi connectivity index (χ1v) is 7.38. The summed E-state index contributed by atoms with van der Waals surface area (Å²) in [4.78, 5) is 18.7. The molecule has 2 aromatic heterocycles. The molecule has 1 saturated heterocycles. The number of anilines is 1. The van der Waals surface area contributed by atoms with Crippen LogP contribution in [0.4, 0.5) is 5.13 Å². The quantitative estimate of drug-likeness (QED) is 0.843. The summed E-state index contributed by atoms with van der Waals surface area (Å²) >= 11 is 1.55. The van der Waals surface area contributed by atoms with E-state index >= 15 is 0 Å². The smallest absolute Gasteiger partial charge is 0.222 e. The second kappa shape index (κ2) is 5.16. The molecule has 0 aromatic carbocycles. The number of amides is 1. The lowest BCUT2D eigenvalue weighted by atomic mass is 10.4. The normalized spacial score (nSPS) is 15.6. The van der Waals surface area contributed by atoms with E-state index in [-0.39, 0.29) is 0 Å². The third-order valence-electron chi connectivity index (χ3n) is 3.22. The molecule has 0 unspecified atom stereocenters. The molecule has 3 heterocycles. The zero-order valence-corrected chi connectivity index (χ0v) is 11.7. The number of carbonyl (C=O) groups excluding carboxylic acids is 1. The zero-order valence-electron chi connectivity index (χ0n) is 10.9. The second-order valence-corrected chi connectivity index (χ2v) is 5.74. The number of likely N-dealkylation sites (tertiary alicyclic amines) is 1. The second-order valence-electron chi connectivity index (χ2n) is 4.78. The van der Waals surface area contributed by atoms with Crippen LogP contribution in [0.5, 0.6) is 0 Å². The van der Waals surface area contributed by atoms with Crippen LogP contribution >= 0.6 is 11.3 Å². The average Bonchev–Trinajstić information content (AvgIpc) is 3.00. The average molecular weight is 279 g/mol. The standard InChI is InChI=1S/C12H17N5OS/c1-9-8-17-12(14-9)19-11(15-17)13-5-3-7-16-6-2-4-10(16)18/h8H,2-7H2,1H3,(H,13,15). The van der Waals surface area contributed by atoms with Gasteiger partial charge in [0.15, 0.2) is 0 Å². The van der Waals surface area contributed by atoms with Crippen molar-refractivity contribution in [1.29, 1.82) is 0 Å². The minimum absolute atomic E-state index is 0.295. The Morgan fingerprint density at radius 1 is 1.53 bits per heavy atom. The Hall–Kier alpha value is -1.63. The first kappa shape index (κ1) is 12.4. The van der Waals surface area contributed by atoms with Crippen LogP contribution in [0.15, 0.2) is 6.20 Å². The highest BCUT2D eigenvalue weighted by Gasteiger charge is 2.18. The molecule has 1 fully saturated rings. The molecule has 1 amide bonds. The number of aryl methyl sites for hydroxylation is 1. The molecule has 1 aliphatic rings. The van der Waals surface area contributed by atoms with Crippen LogP contribution in [0, 0.1) is 6.92 Å². The van der Waals surface area contributed by atoms with Crippen LogP contribution in [0.2, 0.25) is 0 Å². The van der Waals surface area contributed by atoms with E-state index < -0.39 is 0 Å². The van der Waals surface area contributed by atoms with Gasteiger partial charge in [0.05, 0.1) is 11.9 Å². The largest absolute Gasteiger partial charge is 0.360 e. The van der Waals surface area contributed by atoms with Gasteiger partial charge in [0.2, 0.25) is 16.0 Å². The summed E-state index contributed by atoms with van der Waals surface area (Å²) in [5.41, 5.74) is 0.984. The number of fused-ring (bicyclic) bond motifs is 1. The highest BCUT2D eigenvalue weighted by atomic mass is 32.1. The van der Waals surface area contributed by atoms with Crippen LogP contribution in [-0.2, 0) is 4.79 Å². The molecule has 2 aromatic rings. The maximum absolute atomic E-state index is 11.4. The number of rotatable bonds is 5. The highest BCUT2D eigenvalue weighted by molar-refractivity contribution is 7.20. The van der Waals surface area contributed by atoms with Gasteiger partial charge >= 0.3 is 0 Å². The molecule has 0 aliphatic carbocycles. The third kappa shape index (κ3) is 2.70. The van der Waals surface area contributed by atoms with Crippen molar-refractivity contribution in [3.8, 4) is 0 Å². The number of hydrogen-bond donors (Lipinski definition) is 1. The topological polar surface area (TPSA) is 62.5 Å². The van der Waals surface area contributed by atoms with Crippen LogP contribution in [0.25, 0.3) is 4.96 Å². The fourth-order valence-electron chi connectivity index (χ4n) is 2.29. The molecule has 19 heavy (non-hydrogen) atoms.